The summed E-state index contributed by atoms with van der Waals surface area (Å²) in [5, 5.41) is 22.1. The number of aromatic nitrogens is 1. The first-order valence-electron chi connectivity index (χ1n) is 9.67. The van der Waals surface area contributed by atoms with Crippen molar-refractivity contribution in [2.75, 3.05) is 22.6 Å². The molecule has 1 heterocycles. The largest absolute Gasteiger partial charge is 0.465 e. The van der Waals surface area contributed by atoms with Crippen LogP contribution in [0.1, 0.15) is 40.9 Å². The Hall–Kier alpha value is -4.14. The number of nitriles is 1. The molecule has 1 aliphatic rings. The van der Waals surface area contributed by atoms with Gasteiger partial charge in [-0.2, -0.15) is 18.4 Å². The average Bonchev–Trinajstić information content (AvgIpc) is 3.58. The predicted octanol–water partition coefficient (Wildman–Crippen LogP) is 3.87. The predicted molar refractivity (Wildman–Crippen MR) is 111 cm³/mol. The second-order valence-corrected chi connectivity index (χ2v) is 7.37. The van der Waals surface area contributed by atoms with E-state index in [1.807, 2.05) is 5.32 Å². The highest BCUT2D eigenvalue weighted by Gasteiger charge is 2.38. The number of hydrogen-bond donors (Lipinski definition) is 3. The maximum Gasteiger partial charge on any atom is 0.418 e. The summed E-state index contributed by atoms with van der Waals surface area (Å²) in [4.78, 5) is 41.1. The van der Waals surface area contributed by atoms with Gasteiger partial charge in [0.25, 0.3) is 0 Å². The van der Waals surface area contributed by atoms with Crippen LogP contribution in [-0.4, -0.2) is 41.0 Å². The van der Waals surface area contributed by atoms with Crippen molar-refractivity contribution < 1.29 is 32.7 Å². The summed E-state index contributed by atoms with van der Waals surface area (Å²) < 4.78 is 41.2. The number of Topliss-reactive ketones (excluding diaryl/α,β-unsaturated/α-hetero) is 1. The molecule has 172 valence electrons. The van der Waals surface area contributed by atoms with E-state index in [0.717, 1.165) is 6.07 Å². The number of ketones is 1. The van der Waals surface area contributed by atoms with Crippen LogP contribution in [0, 0.1) is 11.3 Å². The summed E-state index contributed by atoms with van der Waals surface area (Å²) in [6.07, 6.45) is -4.44. The van der Waals surface area contributed by atoms with Crippen LogP contribution in [0.25, 0.3) is 0 Å². The lowest BCUT2D eigenvalue weighted by Crippen LogP contribution is -2.25. The lowest BCUT2D eigenvalue weighted by Gasteiger charge is -2.25. The number of anilines is 3. The van der Waals surface area contributed by atoms with E-state index in [9.17, 15) is 27.6 Å². The molecule has 0 spiro atoms. The van der Waals surface area contributed by atoms with Gasteiger partial charge in [-0.3, -0.25) is 14.9 Å². The van der Waals surface area contributed by atoms with Crippen LogP contribution in [0.15, 0.2) is 30.5 Å². The number of carboxylic acid groups (broad SMARTS) is 1. The Bertz CT molecular complexity index is 1160. The molecule has 33 heavy (non-hydrogen) atoms. The normalized spacial score (nSPS) is 13.1. The Labute approximate surface area is 185 Å². The van der Waals surface area contributed by atoms with Crippen molar-refractivity contribution in [2.45, 2.75) is 31.5 Å². The molecule has 3 rings (SSSR count). The second kappa shape index (κ2) is 9.15. The third-order valence-corrected chi connectivity index (χ3v) is 4.95. The van der Waals surface area contributed by atoms with Crippen LogP contribution >= 0.6 is 0 Å². The summed E-state index contributed by atoms with van der Waals surface area (Å²) in [5.41, 5.74) is -2.01. The number of nitrogens with one attached hydrogen (secondary N) is 2. The summed E-state index contributed by atoms with van der Waals surface area (Å²) in [7, 11) is 1.48. The Balaban J connectivity index is 1.91. The number of carbonyl (C=O) groups is 3. The molecule has 0 saturated heterocycles. The Morgan fingerprint density at radius 3 is 2.45 bits per heavy atom. The zero-order valence-electron chi connectivity index (χ0n) is 17.2. The monoisotopic (exact) mass is 461 g/mol. The molecule has 0 bridgehead atoms. The first-order chi connectivity index (χ1) is 15.5. The number of pyridine rings is 1. The van der Waals surface area contributed by atoms with Crippen LogP contribution in [0.5, 0.6) is 0 Å². The molecule has 1 aliphatic carbocycles. The van der Waals surface area contributed by atoms with Gasteiger partial charge >= 0.3 is 12.3 Å². The standard InChI is InChI=1S/C21H18F3N5O4/c1-29(13-2-3-13)17-8-16(28-20(32)33)15(7-14(17)21(22,23)24)27-19(31)9-18(30)11-4-5-26-12(6-11)10-25/h4-8,13,28H,2-3,9H2,1H3,(H,27,31)(H,32,33). The number of nitrogens with zero attached hydrogens (tertiary/aromatic N) is 3. The number of benzene rings is 1. The Morgan fingerprint density at radius 1 is 1.21 bits per heavy atom. The zero-order chi connectivity index (χ0) is 24.3. The van der Waals surface area contributed by atoms with Crippen molar-refractivity contribution in [1.82, 2.24) is 4.98 Å². The maximum atomic E-state index is 13.7. The lowest BCUT2D eigenvalue weighted by atomic mass is 10.1. The molecule has 2 aromatic rings. The molecule has 2 amide bonds. The fourth-order valence-electron chi connectivity index (χ4n) is 3.20. The second-order valence-electron chi connectivity index (χ2n) is 7.37. The number of alkyl halides is 3. The molecular weight excluding hydrogens is 443 g/mol. The van der Waals surface area contributed by atoms with Crippen molar-refractivity contribution in [2.24, 2.45) is 0 Å². The van der Waals surface area contributed by atoms with Crippen molar-refractivity contribution >= 4 is 34.8 Å². The highest BCUT2D eigenvalue weighted by molar-refractivity contribution is 6.12. The fourth-order valence-corrected chi connectivity index (χ4v) is 3.20. The molecule has 1 aromatic heterocycles. The van der Waals surface area contributed by atoms with Crippen molar-refractivity contribution in [3.63, 3.8) is 0 Å². The summed E-state index contributed by atoms with van der Waals surface area (Å²) in [6, 6.07) is 5.77. The van der Waals surface area contributed by atoms with Gasteiger partial charge in [0.15, 0.2) is 5.78 Å². The van der Waals surface area contributed by atoms with Gasteiger partial charge in [-0.05, 0) is 37.1 Å². The first-order valence-corrected chi connectivity index (χ1v) is 9.67. The molecule has 1 fully saturated rings. The number of rotatable bonds is 7. The number of carbonyl (C=O) groups excluding carboxylic acids is 2. The Morgan fingerprint density at radius 2 is 1.88 bits per heavy atom. The van der Waals surface area contributed by atoms with Gasteiger partial charge in [0, 0.05) is 24.8 Å². The SMILES string of the molecule is CN(c1cc(NC(=O)O)c(NC(=O)CC(=O)c2ccnc(C#N)c2)cc1C(F)(F)F)C1CC1. The van der Waals surface area contributed by atoms with Crippen molar-refractivity contribution in [3.05, 3.63) is 47.3 Å². The molecule has 9 nitrogen and oxygen atoms in total. The smallest absolute Gasteiger partial charge is 0.418 e. The number of hydrogen-bond acceptors (Lipinski definition) is 6. The van der Waals surface area contributed by atoms with E-state index in [4.69, 9.17) is 10.4 Å². The molecule has 0 atom stereocenters. The van der Waals surface area contributed by atoms with E-state index in [0.29, 0.717) is 18.9 Å². The third kappa shape index (κ3) is 5.76. The molecule has 0 unspecified atom stereocenters. The average molecular weight is 461 g/mol. The van der Waals surface area contributed by atoms with E-state index in [1.54, 1.807) is 6.07 Å². The van der Waals surface area contributed by atoms with E-state index in [2.05, 4.69) is 10.3 Å². The molecule has 0 radical (unpaired) electrons. The summed E-state index contributed by atoms with van der Waals surface area (Å²) in [6.45, 7) is 0. The summed E-state index contributed by atoms with van der Waals surface area (Å²) in [5.74, 6) is -1.65. The fraction of sp³-hybridized carbons (Fsp3) is 0.286. The van der Waals surface area contributed by atoms with Gasteiger partial charge in [-0.25, -0.2) is 9.78 Å². The first kappa shape index (κ1) is 23.5. The third-order valence-electron chi connectivity index (χ3n) is 4.95. The van der Waals surface area contributed by atoms with Gasteiger partial charge in [-0.15, -0.1) is 0 Å². The lowest BCUT2D eigenvalue weighted by molar-refractivity contribution is -0.137. The minimum atomic E-state index is -4.78. The minimum Gasteiger partial charge on any atom is -0.465 e. The van der Waals surface area contributed by atoms with E-state index < -0.39 is 41.6 Å². The number of amides is 2. The maximum absolute atomic E-state index is 13.7. The molecule has 0 aliphatic heterocycles. The van der Waals surface area contributed by atoms with Crippen molar-refractivity contribution in [1.29, 1.82) is 5.26 Å². The highest BCUT2D eigenvalue weighted by Crippen LogP contribution is 2.44. The highest BCUT2D eigenvalue weighted by atomic mass is 19.4. The van der Waals surface area contributed by atoms with E-state index in [-0.39, 0.29) is 28.7 Å². The molecule has 1 aromatic carbocycles. The van der Waals surface area contributed by atoms with Crippen LogP contribution in [0.4, 0.5) is 35.0 Å². The van der Waals surface area contributed by atoms with Gasteiger partial charge in [0.2, 0.25) is 5.91 Å². The van der Waals surface area contributed by atoms with Gasteiger partial charge in [-0.1, -0.05) is 0 Å². The summed E-state index contributed by atoms with van der Waals surface area (Å²) >= 11 is 0. The Kier molecular flexibility index (Phi) is 6.52. The van der Waals surface area contributed by atoms with Gasteiger partial charge in [0.1, 0.15) is 11.8 Å². The van der Waals surface area contributed by atoms with Crippen molar-refractivity contribution in [3.8, 4) is 6.07 Å². The van der Waals surface area contributed by atoms with Crippen LogP contribution in [-0.2, 0) is 11.0 Å². The van der Waals surface area contributed by atoms with Crippen LogP contribution < -0.4 is 15.5 Å². The quantitative estimate of drug-likeness (QED) is 0.421. The minimum absolute atomic E-state index is 0.0259. The number of halogens is 3. The molecule has 3 N–H and O–H groups in total. The van der Waals surface area contributed by atoms with Gasteiger partial charge < -0.3 is 15.3 Å². The van der Waals surface area contributed by atoms with E-state index in [1.165, 1.54) is 30.3 Å². The molecule has 1 saturated carbocycles. The molecule has 12 heteroatoms. The van der Waals surface area contributed by atoms with Gasteiger partial charge in [0.05, 0.1) is 29.0 Å². The van der Waals surface area contributed by atoms with Crippen LogP contribution in [0.2, 0.25) is 0 Å². The van der Waals surface area contributed by atoms with Crippen LogP contribution in [0.3, 0.4) is 0 Å². The topological polar surface area (TPSA) is 135 Å². The zero-order valence-corrected chi connectivity index (χ0v) is 17.2. The van der Waals surface area contributed by atoms with E-state index >= 15 is 0 Å². The molecular formula is C21H18F3N5O4.